The fourth-order valence-electron chi connectivity index (χ4n) is 0.768. The molecule has 1 aromatic rings. The second-order valence-electron chi connectivity index (χ2n) is 2.21. The molecule has 0 aliphatic rings. The molecule has 1 aromatic carbocycles. The van der Waals surface area contributed by atoms with Gasteiger partial charge >= 0.3 is 0 Å². The lowest BCUT2D eigenvalue weighted by molar-refractivity contribution is 0.363. The van der Waals surface area contributed by atoms with Crippen molar-refractivity contribution in [2.75, 3.05) is 6.61 Å². The van der Waals surface area contributed by atoms with E-state index in [9.17, 15) is 0 Å². The fourth-order valence-corrected chi connectivity index (χ4v) is 0.958. The van der Waals surface area contributed by atoms with Gasteiger partial charge in [0.2, 0.25) is 0 Å². The van der Waals surface area contributed by atoms with Crippen molar-refractivity contribution < 1.29 is 4.74 Å². The molecule has 0 bridgehead atoms. The van der Waals surface area contributed by atoms with Crippen molar-refractivity contribution in [1.82, 2.24) is 0 Å². The van der Waals surface area contributed by atoms with Crippen molar-refractivity contribution in [3.8, 4) is 5.75 Å². The largest absolute Gasteiger partial charge is 0.488 e. The maximum atomic E-state index is 5.84. The lowest BCUT2D eigenvalue weighted by Gasteiger charge is -2.03. The molecule has 2 heteroatoms. The molecule has 0 saturated heterocycles. The lowest BCUT2D eigenvalue weighted by atomic mass is 10.3. The molecular formula is C10H10ClO. The first kappa shape index (κ1) is 9.14. The summed E-state index contributed by atoms with van der Waals surface area (Å²) in [6, 6.07) is 7.38. The van der Waals surface area contributed by atoms with Gasteiger partial charge in [0.05, 0.1) is 5.02 Å². The zero-order valence-corrected chi connectivity index (χ0v) is 7.42. The summed E-state index contributed by atoms with van der Waals surface area (Å²) in [4.78, 5) is 0. The summed E-state index contributed by atoms with van der Waals surface area (Å²) in [5, 5.41) is 0.634. The van der Waals surface area contributed by atoms with Crippen molar-refractivity contribution in [2.24, 2.45) is 0 Å². The molecule has 0 amide bonds. The second kappa shape index (κ2) is 4.83. The number of hydrogen-bond acceptors (Lipinski definition) is 1. The first-order valence-electron chi connectivity index (χ1n) is 3.66. The zero-order chi connectivity index (χ0) is 8.81. The molecule has 0 aliphatic carbocycles. The van der Waals surface area contributed by atoms with E-state index in [0.717, 1.165) is 0 Å². The molecule has 0 saturated carbocycles. The van der Waals surface area contributed by atoms with Crippen molar-refractivity contribution >= 4 is 11.6 Å². The molecule has 1 rings (SSSR count). The Morgan fingerprint density at radius 1 is 1.42 bits per heavy atom. The van der Waals surface area contributed by atoms with Gasteiger partial charge in [-0.25, -0.2) is 0 Å². The zero-order valence-electron chi connectivity index (χ0n) is 6.66. The van der Waals surface area contributed by atoms with Crippen LogP contribution in [0.3, 0.4) is 0 Å². The highest BCUT2D eigenvalue weighted by Gasteiger charge is 1.96. The summed E-state index contributed by atoms with van der Waals surface area (Å²) in [6.45, 7) is 4.05. The predicted molar refractivity (Wildman–Crippen MR) is 51.4 cm³/mol. The average Bonchev–Trinajstić information content (AvgIpc) is 2.09. The van der Waals surface area contributed by atoms with Gasteiger partial charge in [0.25, 0.3) is 0 Å². The maximum Gasteiger partial charge on any atom is 0.138 e. The Morgan fingerprint density at radius 3 is 2.83 bits per heavy atom. The van der Waals surface area contributed by atoms with E-state index in [-0.39, 0.29) is 0 Å². The SMILES string of the molecule is [CH2]/C=C/COc1ccccc1Cl. The van der Waals surface area contributed by atoms with E-state index < -0.39 is 0 Å². The highest BCUT2D eigenvalue weighted by atomic mass is 35.5. The fraction of sp³-hybridized carbons (Fsp3) is 0.100. The van der Waals surface area contributed by atoms with Gasteiger partial charge in [-0.3, -0.25) is 0 Å². The summed E-state index contributed by atoms with van der Waals surface area (Å²) < 4.78 is 5.32. The van der Waals surface area contributed by atoms with E-state index in [1.807, 2.05) is 24.3 Å². The normalized spacial score (nSPS) is 10.5. The van der Waals surface area contributed by atoms with Gasteiger partial charge < -0.3 is 4.74 Å². The van der Waals surface area contributed by atoms with Gasteiger partial charge in [0.1, 0.15) is 12.4 Å². The Morgan fingerprint density at radius 2 is 2.17 bits per heavy atom. The van der Waals surface area contributed by atoms with Crippen molar-refractivity contribution in [2.45, 2.75) is 0 Å². The van der Waals surface area contributed by atoms with Crippen LogP contribution in [0.1, 0.15) is 0 Å². The van der Waals surface area contributed by atoms with E-state index in [2.05, 4.69) is 6.92 Å². The number of rotatable bonds is 3. The van der Waals surface area contributed by atoms with E-state index in [4.69, 9.17) is 16.3 Å². The number of benzene rings is 1. The van der Waals surface area contributed by atoms with Crippen LogP contribution in [0.15, 0.2) is 36.4 Å². The predicted octanol–water partition coefficient (Wildman–Crippen LogP) is 3.11. The van der Waals surface area contributed by atoms with E-state index in [0.29, 0.717) is 17.4 Å². The van der Waals surface area contributed by atoms with E-state index in [1.165, 1.54) is 0 Å². The van der Waals surface area contributed by atoms with Crippen molar-refractivity contribution in [3.63, 3.8) is 0 Å². The standard InChI is InChI=1S/C10H10ClO/c1-2-3-8-12-10-7-5-4-6-9(10)11/h2-7H,1,8H2/b3-2+. The minimum atomic E-state index is 0.507. The van der Waals surface area contributed by atoms with Crippen LogP contribution in [0.25, 0.3) is 0 Å². The van der Waals surface area contributed by atoms with Crippen LogP contribution >= 0.6 is 11.6 Å². The van der Waals surface area contributed by atoms with Gasteiger partial charge in [-0.15, -0.1) is 0 Å². The highest BCUT2D eigenvalue weighted by Crippen LogP contribution is 2.22. The third-order valence-electron chi connectivity index (χ3n) is 1.34. The van der Waals surface area contributed by atoms with Gasteiger partial charge in [-0.1, -0.05) is 35.9 Å². The molecule has 63 valence electrons. The summed E-state index contributed by atoms with van der Waals surface area (Å²) in [5.41, 5.74) is 0. The molecule has 12 heavy (non-hydrogen) atoms. The Labute approximate surface area is 77.6 Å². The highest BCUT2D eigenvalue weighted by molar-refractivity contribution is 6.32. The van der Waals surface area contributed by atoms with Crippen LogP contribution in [-0.2, 0) is 0 Å². The average molecular weight is 182 g/mol. The topological polar surface area (TPSA) is 9.23 Å². The molecular weight excluding hydrogens is 172 g/mol. The summed E-state index contributed by atoms with van der Waals surface area (Å²) in [7, 11) is 0. The molecule has 0 aliphatic heterocycles. The van der Waals surface area contributed by atoms with Crippen LogP contribution < -0.4 is 4.74 Å². The molecule has 0 heterocycles. The third kappa shape index (κ3) is 2.59. The van der Waals surface area contributed by atoms with Crippen LogP contribution in [0.2, 0.25) is 5.02 Å². The molecule has 0 fully saturated rings. The first-order chi connectivity index (χ1) is 5.84. The number of para-hydroxylation sites is 1. The maximum absolute atomic E-state index is 5.84. The Balaban J connectivity index is 2.57. The molecule has 0 N–H and O–H groups in total. The molecule has 1 nitrogen and oxygen atoms in total. The summed E-state index contributed by atoms with van der Waals surface area (Å²) in [5.74, 6) is 0.706. The van der Waals surface area contributed by atoms with E-state index >= 15 is 0 Å². The Kier molecular flexibility index (Phi) is 3.68. The Bertz CT molecular complexity index is 268. The van der Waals surface area contributed by atoms with E-state index in [1.54, 1.807) is 12.1 Å². The van der Waals surface area contributed by atoms with Crippen molar-refractivity contribution in [1.29, 1.82) is 0 Å². The summed E-state index contributed by atoms with van der Waals surface area (Å²) in [6.07, 6.45) is 3.51. The van der Waals surface area contributed by atoms with Crippen LogP contribution in [0.5, 0.6) is 5.75 Å². The molecule has 0 unspecified atom stereocenters. The number of allylic oxidation sites excluding steroid dienone is 1. The number of hydrogen-bond donors (Lipinski definition) is 0. The molecule has 0 aromatic heterocycles. The number of ether oxygens (including phenoxy) is 1. The minimum Gasteiger partial charge on any atom is -0.488 e. The van der Waals surface area contributed by atoms with Crippen LogP contribution in [0, 0.1) is 6.92 Å². The van der Waals surface area contributed by atoms with Gasteiger partial charge in [-0.05, 0) is 19.1 Å². The van der Waals surface area contributed by atoms with Crippen LogP contribution in [-0.4, -0.2) is 6.61 Å². The monoisotopic (exact) mass is 181 g/mol. The number of halogens is 1. The first-order valence-corrected chi connectivity index (χ1v) is 4.04. The molecule has 1 radical (unpaired) electrons. The minimum absolute atomic E-state index is 0.507. The van der Waals surface area contributed by atoms with Gasteiger partial charge in [0.15, 0.2) is 0 Å². The van der Waals surface area contributed by atoms with Gasteiger partial charge in [-0.2, -0.15) is 0 Å². The third-order valence-corrected chi connectivity index (χ3v) is 1.65. The van der Waals surface area contributed by atoms with Gasteiger partial charge in [0, 0.05) is 0 Å². The smallest absolute Gasteiger partial charge is 0.138 e. The quantitative estimate of drug-likeness (QED) is 0.696. The molecule has 0 atom stereocenters. The molecule has 0 spiro atoms. The Hall–Kier alpha value is -0.950. The lowest BCUT2D eigenvalue weighted by Crippen LogP contribution is -1.93. The van der Waals surface area contributed by atoms with Crippen LogP contribution in [0.4, 0.5) is 0 Å². The van der Waals surface area contributed by atoms with Crippen molar-refractivity contribution in [3.05, 3.63) is 48.4 Å². The summed E-state index contributed by atoms with van der Waals surface area (Å²) >= 11 is 5.84. The second-order valence-corrected chi connectivity index (χ2v) is 2.62.